The van der Waals surface area contributed by atoms with Crippen molar-refractivity contribution in [1.29, 1.82) is 0 Å². The fraction of sp³-hybridized carbons (Fsp3) is 0.480. The van der Waals surface area contributed by atoms with Crippen molar-refractivity contribution in [1.82, 2.24) is 0 Å². The summed E-state index contributed by atoms with van der Waals surface area (Å²) >= 11 is 0. The molecule has 0 saturated heterocycles. The maximum Gasteiger partial charge on any atom is 0.248 e. The number of rotatable bonds is 10. The molecule has 170 valence electrons. The van der Waals surface area contributed by atoms with E-state index in [1.165, 1.54) is 0 Å². The molecule has 1 unspecified atom stereocenters. The van der Waals surface area contributed by atoms with Crippen LogP contribution < -0.4 is 15.2 Å². The van der Waals surface area contributed by atoms with Crippen LogP contribution in [0.25, 0.3) is 0 Å². The fourth-order valence-corrected chi connectivity index (χ4v) is 4.43. The monoisotopic (exact) mass is 443 g/mol. The molecule has 0 saturated carbocycles. The third-order valence-electron chi connectivity index (χ3n) is 6.36. The molecule has 0 radical (unpaired) electrons. The summed E-state index contributed by atoms with van der Waals surface area (Å²) in [4.78, 5) is 11.9. The van der Waals surface area contributed by atoms with Crippen molar-refractivity contribution in [2.75, 3.05) is 20.8 Å². The Morgan fingerprint density at radius 2 is 1.68 bits per heavy atom. The van der Waals surface area contributed by atoms with Crippen molar-refractivity contribution < 1.29 is 18.7 Å². The standard InChI is InChI=1S/C25H37NO4Si/c1-25(2,3)31(6,7)30-15-14-19(16-20-10-8-9-11-21(20)24(26)27)18-12-13-22(28-4)23(17-18)29-5/h8-13,17,19H,14-16H2,1-7H3,(H2,26,27). The van der Waals surface area contributed by atoms with E-state index in [4.69, 9.17) is 19.6 Å². The van der Waals surface area contributed by atoms with Gasteiger partial charge in [0.05, 0.1) is 14.2 Å². The van der Waals surface area contributed by atoms with E-state index in [0.717, 1.165) is 17.5 Å². The average Bonchev–Trinajstić information content (AvgIpc) is 2.71. The van der Waals surface area contributed by atoms with Crippen LogP contribution in [-0.2, 0) is 10.8 Å². The highest BCUT2D eigenvalue weighted by atomic mass is 28.4. The van der Waals surface area contributed by atoms with E-state index in [-0.39, 0.29) is 11.0 Å². The number of ether oxygens (including phenoxy) is 2. The summed E-state index contributed by atoms with van der Waals surface area (Å²) in [5, 5.41) is 0.157. The topological polar surface area (TPSA) is 70.8 Å². The predicted octanol–water partition coefficient (Wildman–Crippen LogP) is 5.54. The summed E-state index contributed by atoms with van der Waals surface area (Å²) in [6, 6.07) is 13.6. The fourth-order valence-electron chi connectivity index (χ4n) is 3.37. The van der Waals surface area contributed by atoms with Gasteiger partial charge < -0.3 is 19.6 Å². The minimum absolute atomic E-state index is 0.144. The van der Waals surface area contributed by atoms with Gasteiger partial charge in [0, 0.05) is 12.2 Å². The molecule has 0 aromatic heterocycles. The third-order valence-corrected chi connectivity index (χ3v) is 10.9. The first-order valence-electron chi connectivity index (χ1n) is 10.7. The molecular weight excluding hydrogens is 406 g/mol. The molecule has 2 rings (SSSR count). The van der Waals surface area contributed by atoms with Crippen LogP contribution in [0.5, 0.6) is 11.5 Å². The minimum Gasteiger partial charge on any atom is -0.493 e. The summed E-state index contributed by atoms with van der Waals surface area (Å²) in [6.07, 6.45) is 1.52. The normalized spacial score (nSPS) is 13.0. The quantitative estimate of drug-likeness (QED) is 0.489. The molecule has 1 atom stereocenters. The van der Waals surface area contributed by atoms with Crippen molar-refractivity contribution in [2.45, 2.75) is 57.7 Å². The molecular formula is C25H37NO4Si. The SMILES string of the molecule is COc1ccc(C(CCO[Si](C)(C)C(C)(C)C)Cc2ccccc2C(N)=O)cc1OC. The second-order valence-corrected chi connectivity index (χ2v) is 14.2. The van der Waals surface area contributed by atoms with Crippen LogP contribution in [0.4, 0.5) is 0 Å². The Morgan fingerprint density at radius 1 is 1.03 bits per heavy atom. The van der Waals surface area contributed by atoms with Crippen LogP contribution in [0.1, 0.15) is 54.6 Å². The second kappa shape index (κ2) is 10.3. The van der Waals surface area contributed by atoms with E-state index in [2.05, 4.69) is 39.9 Å². The number of amides is 1. The highest BCUT2D eigenvalue weighted by Gasteiger charge is 2.37. The number of methoxy groups -OCH3 is 2. The minimum atomic E-state index is -1.84. The molecule has 0 heterocycles. The number of carbonyl (C=O) groups excluding carboxylic acids is 1. The summed E-state index contributed by atoms with van der Waals surface area (Å²) in [6.45, 7) is 11.9. The number of nitrogens with two attached hydrogens (primary N) is 1. The first-order valence-corrected chi connectivity index (χ1v) is 13.6. The molecule has 5 nitrogen and oxygen atoms in total. The summed E-state index contributed by atoms with van der Waals surface area (Å²) < 4.78 is 17.4. The van der Waals surface area contributed by atoms with Gasteiger partial charge in [0.2, 0.25) is 5.91 Å². The Kier molecular flexibility index (Phi) is 8.32. The van der Waals surface area contributed by atoms with E-state index in [1.807, 2.05) is 30.3 Å². The van der Waals surface area contributed by atoms with E-state index in [9.17, 15) is 4.79 Å². The van der Waals surface area contributed by atoms with Gasteiger partial charge in [0.25, 0.3) is 0 Å². The molecule has 0 aliphatic carbocycles. The van der Waals surface area contributed by atoms with Gasteiger partial charge in [0.15, 0.2) is 19.8 Å². The highest BCUT2D eigenvalue weighted by Crippen LogP contribution is 2.38. The Morgan fingerprint density at radius 3 is 2.26 bits per heavy atom. The molecule has 2 N–H and O–H groups in total. The van der Waals surface area contributed by atoms with Gasteiger partial charge in [-0.2, -0.15) is 0 Å². The van der Waals surface area contributed by atoms with Crippen LogP contribution in [0, 0.1) is 0 Å². The van der Waals surface area contributed by atoms with Crippen molar-refractivity contribution in [2.24, 2.45) is 5.73 Å². The van der Waals surface area contributed by atoms with E-state index >= 15 is 0 Å². The predicted molar refractivity (Wildman–Crippen MR) is 129 cm³/mol. The lowest BCUT2D eigenvalue weighted by Crippen LogP contribution is -2.41. The lowest BCUT2D eigenvalue weighted by molar-refractivity contribution is 0.0999. The van der Waals surface area contributed by atoms with Gasteiger partial charge >= 0.3 is 0 Å². The zero-order valence-corrected chi connectivity index (χ0v) is 21.0. The Hall–Kier alpha value is -2.31. The van der Waals surface area contributed by atoms with Crippen molar-refractivity contribution in [3.63, 3.8) is 0 Å². The Labute approximate surface area is 188 Å². The van der Waals surface area contributed by atoms with Crippen molar-refractivity contribution in [3.05, 3.63) is 59.2 Å². The summed E-state index contributed by atoms with van der Waals surface area (Å²) in [5.74, 6) is 1.13. The number of hydrogen-bond acceptors (Lipinski definition) is 4. The second-order valence-electron chi connectivity index (χ2n) is 9.43. The molecule has 0 aliphatic rings. The van der Waals surface area contributed by atoms with Gasteiger partial charge in [-0.05, 0) is 66.2 Å². The number of hydrogen-bond donors (Lipinski definition) is 1. The van der Waals surface area contributed by atoms with Gasteiger partial charge in [-0.15, -0.1) is 0 Å². The van der Waals surface area contributed by atoms with Crippen molar-refractivity contribution >= 4 is 14.2 Å². The van der Waals surface area contributed by atoms with Gasteiger partial charge in [-0.3, -0.25) is 4.79 Å². The lowest BCUT2D eigenvalue weighted by Gasteiger charge is -2.36. The third kappa shape index (κ3) is 6.34. The lowest BCUT2D eigenvalue weighted by atomic mass is 9.87. The van der Waals surface area contributed by atoms with Crippen molar-refractivity contribution in [3.8, 4) is 11.5 Å². The van der Waals surface area contributed by atoms with E-state index in [1.54, 1.807) is 20.3 Å². The van der Waals surface area contributed by atoms with Gasteiger partial charge in [-0.1, -0.05) is 45.0 Å². The number of benzene rings is 2. The smallest absolute Gasteiger partial charge is 0.248 e. The molecule has 0 aliphatic heterocycles. The zero-order chi connectivity index (χ0) is 23.2. The average molecular weight is 444 g/mol. The van der Waals surface area contributed by atoms with Crippen LogP contribution in [0.2, 0.25) is 18.1 Å². The van der Waals surface area contributed by atoms with Crippen LogP contribution in [0.15, 0.2) is 42.5 Å². The number of primary amides is 1. The maximum atomic E-state index is 11.9. The molecule has 0 fully saturated rings. The zero-order valence-electron chi connectivity index (χ0n) is 20.0. The first-order chi connectivity index (χ1) is 14.5. The molecule has 0 spiro atoms. The summed E-state index contributed by atoms with van der Waals surface area (Å²) in [5.41, 5.74) is 8.26. The van der Waals surface area contributed by atoms with E-state index < -0.39 is 14.2 Å². The molecule has 1 amide bonds. The van der Waals surface area contributed by atoms with Crippen LogP contribution >= 0.6 is 0 Å². The van der Waals surface area contributed by atoms with Crippen LogP contribution in [0.3, 0.4) is 0 Å². The number of carbonyl (C=O) groups is 1. The maximum absolute atomic E-state index is 11.9. The molecule has 31 heavy (non-hydrogen) atoms. The largest absolute Gasteiger partial charge is 0.493 e. The van der Waals surface area contributed by atoms with Gasteiger partial charge in [-0.25, -0.2) is 0 Å². The Bertz CT molecular complexity index is 889. The first kappa shape index (κ1) is 25.0. The van der Waals surface area contributed by atoms with Gasteiger partial charge in [0.1, 0.15) is 0 Å². The van der Waals surface area contributed by atoms with Crippen LogP contribution in [-0.4, -0.2) is 35.1 Å². The molecule has 2 aromatic rings. The Balaban J connectivity index is 2.33. The highest BCUT2D eigenvalue weighted by molar-refractivity contribution is 6.74. The van der Waals surface area contributed by atoms with E-state index in [0.29, 0.717) is 30.1 Å². The molecule has 2 aromatic carbocycles. The summed E-state index contributed by atoms with van der Waals surface area (Å²) in [7, 11) is 1.42. The molecule has 6 heteroatoms. The molecule has 0 bridgehead atoms.